The Labute approximate surface area is 133 Å². The third-order valence-electron chi connectivity index (χ3n) is 3.93. The molecule has 1 heterocycles. The first kappa shape index (κ1) is 16.7. The van der Waals surface area contributed by atoms with Gasteiger partial charge in [-0.2, -0.15) is 5.10 Å². The first-order valence-electron chi connectivity index (χ1n) is 7.75. The number of aryl methyl sites for hydroxylation is 2. The molecule has 2 rings (SSSR count). The monoisotopic (exact) mass is 301 g/mol. The minimum absolute atomic E-state index is 0.138. The number of hydrogen-bond donors (Lipinski definition) is 2. The fourth-order valence-electron chi connectivity index (χ4n) is 2.49. The van der Waals surface area contributed by atoms with E-state index in [1.165, 1.54) is 5.56 Å². The minimum Gasteiger partial charge on any atom is -0.387 e. The highest BCUT2D eigenvalue weighted by Gasteiger charge is 2.14. The van der Waals surface area contributed by atoms with Gasteiger partial charge < -0.3 is 10.4 Å². The van der Waals surface area contributed by atoms with Crippen LogP contribution in [0.25, 0.3) is 0 Å². The van der Waals surface area contributed by atoms with Crippen molar-refractivity contribution in [1.82, 2.24) is 15.1 Å². The predicted molar refractivity (Wildman–Crippen MR) is 89.8 cm³/mol. The van der Waals surface area contributed by atoms with E-state index in [0.717, 1.165) is 23.4 Å². The fourth-order valence-corrected chi connectivity index (χ4v) is 2.49. The molecule has 1 atom stereocenters. The van der Waals surface area contributed by atoms with Crippen LogP contribution >= 0.6 is 0 Å². The maximum absolute atomic E-state index is 10.3. The van der Waals surface area contributed by atoms with Crippen LogP contribution in [0.5, 0.6) is 0 Å². The van der Waals surface area contributed by atoms with E-state index in [9.17, 15) is 5.11 Å². The molecule has 0 fully saturated rings. The van der Waals surface area contributed by atoms with Gasteiger partial charge in [-0.1, -0.05) is 45.0 Å². The molecule has 0 amide bonds. The van der Waals surface area contributed by atoms with Crippen molar-refractivity contribution in [3.63, 3.8) is 0 Å². The molecule has 0 bridgehead atoms. The Hall–Kier alpha value is -1.65. The lowest BCUT2D eigenvalue weighted by Gasteiger charge is -2.20. The van der Waals surface area contributed by atoms with Crippen LogP contribution in [0.15, 0.2) is 30.5 Å². The molecule has 1 unspecified atom stereocenters. The van der Waals surface area contributed by atoms with Crippen LogP contribution in [0.1, 0.15) is 49.3 Å². The number of aliphatic hydroxyl groups is 1. The smallest absolute Gasteiger partial charge is 0.0914 e. The van der Waals surface area contributed by atoms with E-state index in [4.69, 9.17) is 0 Å². The first-order valence-corrected chi connectivity index (χ1v) is 7.75. The van der Waals surface area contributed by atoms with E-state index in [1.807, 2.05) is 37.0 Å². The van der Waals surface area contributed by atoms with Gasteiger partial charge in [-0.3, -0.25) is 4.68 Å². The average molecular weight is 301 g/mol. The van der Waals surface area contributed by atoms with Crippen molar-refractivity contribution in [2.45, 2.75) is 45.8 Å². The van der Waals surface area contributed by atoms with Crippen molar-refractivity contribution in [3.05, 3.63) is 52.8 Å². The van der Waals surface area contributed by atoms with Crippen LogP contribution in [0.3, 0.4) is 0 Å². The van der Waals surface area contributed by atoms with Crippen LogP contribution in [0.4, 0.5) is 0 Å². The second-order valence-corrected chi connectivity index (χ2v) is 6.93. The number of nitrogens with one attached hydrogen (secondary N) is 1. The Morgan fingerprint density at radius 1 is 1.23 bits per heavy atom. The molecule has 22 heavy (non-hydrogen) atoms. The Bertz CT molecular complexity index is 608. The molecule has 2 N–H and O–H groups in total. The highest BCUT2D eigenvalue weighted by atomic mass is 16.3. The van der Waals surface area contributed by atoms with Crippen molar-refractivity contribution in [2.24, 2.45) is 7.05 Å². The third kappa shape index (κ3) is 4.18. The van der Waals surface area contributed by atoms with Gasteiger partial charge in [-0.25, -0.2) is 0 Å². The van der Waals surface area contributed by atoms with Crippen LogP contribution in [-0.2, 0) is 19.0 Å². The van der Waals surface area contributed by atoms with Gasteiger partial charge in [0.05, 0.1) is 11.8 Å². The van der Waals surface area contributed by atoms with E-state index >= 15 is 0 Å². The van der Waals surface area contributed by atoms with Gasteiger partial charge in [0.15, 0.2) is 0 Å². The summed E-state index contributed by atoms with van der Waals surface area (Å²) in [7, 11) is 1.92. The first-order chi connectivity index (χ1) is 10.3. The molecule has 4 heteroatoms. The predicted octanol–water partition coefficient (Wildman–Crippen LogP) is 2.85. The molecule has 1 aromatic carbocycles. The van der Waals surface area contributed by atoms with E-state index in [1.54, 1.807) is 0 Å². The van der Waals surface area contributed by atoms with Gasteiger partial charge in [0, 0.05) is 31.9 Å². The molecular weight excluding hydrogens is 274 g/mol. The average Bonchev–Trinajstić information content (AvgIpc) is 2.76. The van der Waals surface area contributed by atoms with Gasteiger partial charge in [0.1, 0.15) is 0 Å². The summed E-state index contributed by atoms with van der Waals surface area (Å²) in [5.41, 5.74) is 4.56. The summed E-state index contributed by atoms with van der Waals surface area (Å²) < 4.78 is 1.81. The number of nitrogens with zero attached hydrogens (tertiary/aromatic N) is 2. The normalized spacial score (nSPS) is 13.4. The Kier molecular flexibility index (Phi) is 5.04. The molecular formula is C18H27N3O. The molecule has 2 aromatic rings. The second-order valence-electron chi connectivity index (χ2n) is 6.93. The summed E-state index contributed by atoms with van der Waals surface area (Å²) in [6.45, 7) is 9.82. The quantitative estimate of drug-likeness (QED) is 0.893. The maximum Gasteiger partial charge on any atom is 0.0914 e. The number of benzene rings is 1. The van der Waals surface area contributed by atoms with Gasteiger partial charge in [-0.15, -0.1) is 0 Å². The SMILES string of the molecule is Cc1nn(C)cc1CNCC(O)c1ccc(C(C)(C)C)cc1. The molecule has 1 aromatic heterocycles. The van der Waals surface area contributed by atoms with E-state index in [0.29, 0.717) is 6.54 Å². The van der Waals surface area contributed by atoms with Crippen molar-refractivity contribution in [3.8, 4) is 0 Å². The fraction of sp³-hybridized carbons (Fsp3) is 0.500. The molecule has 0 saturated carbocycles. The summed E-state index contributed by atoms with van der Waals surface area (Å²) in [5.74, 6) is 0. The van der Waals surface area contributed by atoms with E-state index in [-0.39, 0.29) is 5.41 Å². The van der Waals surface area contributed by atoms with Crippen molar-refractivity contribution >= 4 is 0 Å². The zero-order valence-corrected chi connectivity index (χ0v) is 14.2. The number of rotatable bonds is 5. The number of aromatic nitrogens is 2. The lowest BCUT2D eigenvalue weighted by Crippen LogP contribution is -2.21. The van der Waals surface area contributed by atoms with E-state index in [2.05, 4.69) is 43.3 Å². The minimum atomic E-state index is -0.494. The van der Waals surface area contributed by atoms with Crippen LogP contribution in [0, 0.1) is 6.92 Å². The van der Waals surface area contributed by atoms with Gasteiger partial charge in [0.2, 0.25) is 0 Å². The molecule has 0 spiro atoms. The molecule has 0 aliphatic rings. The summed E-state index contributed by atoms with van der Waals surface area (Å²) in [5, 5.41) is 17.9. The largest absolute Gasteiger partial charge is 0.387 e. The number of hydrogen-bond acceptors (Lipinski definition) is 3. The lowest BCUT2D eigenvalue weighted by atomic mass is 9.86. The number of aliphatic hydroxyl groups excluding tert-OH is 1. The van der Waals surface area contributed by atoms with Crippen LogP contribution in [-0.4, -0.2) is 21.4 Å². The summed E-state index contributed by atoms with van der Waals surface area (Å²) in [4.78, 5) is 0. The van der Waals surface area contributed by atoms with Crippen LogP contribution < -0.4 is 5.32 Å². The van der Waals surface area contributed by atoms with Gasteiger partial charge >= 0.3 is 0 Å². The Morgan fingerprint density at radius 3 is 2.36 bits per heavy atom. The van der Waals surface area contributed by atoms with E-state index < -0.39 is 6.10 Å². The Balaban J connectivity index is 1.89. The Morgan fingerprint density at radius 2 is 1.86 bits per heavy atom. The highest BCUT2D eigenvalue weighted by Crippen LogP contribution is 2.23. The second kappa shape index (κ2) is 6.63. The summed E-state index contributed by atoms with van der Waals surface area (Å²) in [6, 6.07) is 8.23. The van der Waals surface area contributed by atoms with Gasteiger partial charge in [-0.05, 0) is 23.5 Å². The third-order valence-corrected chi connectivity index (χ3v) is 3.93. The molecule has 0 radical (unpaired) electrons. The summed E-state index contributed by atoms with van der Waals surface area (Å²) in [6.07, 6.45) is 1.51. The summed E-state index contributed by atoms with van der Waals surface area (Å²) >= 11 is 0. The zero-order chi connectivity index (χ0) is 16.3. The molecule has 0 aliphatic carbocycles. The lowest BCUT2D eigenvalue weighted by molar-refractivity contribution is 0.174. The standard InChI is InChI=1S/C18H27N3O/c1-13-15(12-21(5)20-13)10-19-11-17(22)14-6-8-16(9-7-14)18(2,3)4/h6-9,12,17,19,22H,10-11H2,1-5H3. The van der Waals surface area contributed by atoms with Crippen LogP contribution in [0.2, 0.25) is 0 Å². The zero-order valence-electron chi connectivity index (χ0n) is 14.2. The van der Waals surface area contributed by atoms with Crippen molar-refractivity contribution in [2.75, 3.05) is 6.54 Å². The van der Waals surface area contributed by atoms with Crippen molar-refractivity contribution < 1.29 is 5.11 Å². The highest BCUT2D eigenvalue weighted by molar-refractivity contribution is 5.28. The molecule has 0 aliphatic heterocycles. The molecule has 120 valence electrons. The molecule has 4 nitrogen and oxygen atoms in total. The maximum atomic E-state index is 10.3. The van der Waals surface area contributed by atoms with Crippen molar-refractivity contribution in [1.29, 1.82) is 0 Å². The topological polar surface area (TPSA) is 50.1 Å². The van der Waals surface area contributed by atoms with Gasteiger partial charge in [0.25, 0.3) is 0 Å². The molecule has 0 saturated heterocycles.